The molecular weight excluding hydrogens is 238 g/mol. The predicted molar refractivity (Wildman–Crippen MR) is 63.7 cm³/mol. The monoisotopic (exact) mass is 257 g/mol. The zero-order valence-corrected chi connectivity index (χ0v) is 10.6. The van der Waals surface area contributed by atoms with Crippen LogP contribution in [-0.2, 0) is 9.59 Å². The van der Waals surface area contributed by atoms with Crippen LogP contribution in [0.15, 0.2) is 0 Å². The average molecular weight is 257 g/mol. The van der Waals surface area contributed by atoms with E-state index in [1.54, 1.807) is 0 Å². The van der Waals surface area contributed by atoms with Gasteiger partial charge >= 0.3 is 12.0 Å². The molecule has 0 aromatic heterocycles. The van der Waals surface area contributed by atoms with Gasteiger partial charge in [-0.15, -0.1) is 0 Å². The van der Waals surface area contributed by atoms with Gasteiger partial charge in [-0.25, -0.2) is 4.79 Å². The molecule has 0 aromatic rings. The van der Waals surface area contributed by atoms with E-state index in [1.165, 1.54) is 9.80 Å². The molecule has 7 heteroatoms. The summed E-state index contributed by atoms with van der Waals surface area (Å²) in [5.41, 5.74) is 5.10. The number of aliphatic carboxylic acids is 1. The van der Waals surface area contributed by atoms with Crippen LogP contribution in [0.5, 0.6) is 0 Å². The highest BCUT2D eigenvalue weighted by Crippen LogP contribution is 2.18. The Morgan fingerprint density at radius 3 is 2.33 bits per heavy atom. The lowest BCUT2D eigenvalue weighted by atomic mass is 10.0. The van der Waals surface area contributed by atoms with E-state index >= 15 is 0 Å². The summed E-state index contributed by atoms with van der Waals surface area (Å²) in [5.74, 6) is -1.75. The number of amides is 3. The highest BCUT2D eigenvalue weighted by atomic mass is 16.4. The van der Waals surface area contributed by atoms with Gasteiger partial charge in [0.05, 0.1) is 5.92 Å². The number of nitrogens with zero attached hydrogens (tertiary/aromatic N) is 2. The number of carboxylic acid groups (broad SMARTS) is 1. The van der Waals surface area contributed by atoms with Crippen molar-refractivity contribution < 1.29 is 19.5 Å². The van der Waals surface area contributed by atoms with Gasteiger partial charge in [-0.05, 0) is 5.92 Å². The van der Waals surface area contributed by atoms with E-state index in [9.17, 15) is 14.4 Å². The first-order chi connectivity index (χ1) is 8.31. The van der Waals surface area contributed by atoms with Crippen molar-refractivity contribution >= 4 is 17.9 Å². The van der Waals surface area contributed by atoms with Crippen LogP contribution >= 0.6 is 0 Å². The van der Waals surface area contributed by atoms with Gasteiger partial charge in [0.25, 0.3) is 0 Å². The molecule has 1 rings (SSSR count). The van der Waals surface area contributed by atoms with Crippen molar-refractivity contribution in [1.82, 2.24) is 9.80 Å². The fourth-order valence-electron chi connectivity index (χ4n) is 1.83. The molecule has 7 nitrogen and oxygen atoms in total. The second kappa shape index (κ2) is 5.70. The Labute approximate surface area is 106 Å². The smallest absolute Gasteiger partial charge is 0.320 e. The molecule has 1 fully saturated rings. The number of carboxylic acids is 1. The Morgan fingerprint density at radius 2 is 1.94 bits per heavy atom. The highest BCUT2D eigenvalue weighted by molar-refractivity contribution is 5.84. The van der Waals surface area contributed by atoms with Crippen molar-refractivity contribution in [2.75, 3.05) is 26.2 Å². The third-order valence-corrected chi connectivity index (χ3v) is 2.70. The van der Waals surface area contributed by atoms with Gasteiger partial charge in [0.15, 0.2) is 0 Å². The number of hydrogen-bond donors (Lipinski definition) is 2. The summed E-state index contributed by atoms with van der Waals surface area (Å²) in [6.45, 7) is 4.54. The fourth-order valence-corrected chi connectivity index (χ4v) is 1.83. The molecule has 102 valence electrons. The minimum absolute atomic E-state index is 0.134. The predicted octanol–water partition coefficient (Wildman–Crippen LogP) is -0.434. The molecule has 1 aliphatic heterocycles. The Morgan fingerprint density at radius 1 is 1.39 bits per heavy atom. The van der Waals surface area contributed by atoms with Crippen LogP contribution in [-0.4, -0.2) is 59.0 Å². The minimum atomic E-state index is -0.899. The van der Waals surface area contributed by atoms with E-state index in [2.05, 4.69) is 0 Å². The molecule has 18 heavy (non-hydrogen) atoms. The van der Waals surface area contributed by atoms with Gasteiger partial charge in [0.2, 0.25) is 5.91 Å². The summed E-state index contributed by atoms with van der Waals surface area (Å²) in [4.78, 5) is 36.4. The molecule has 3 amide bonds. The van der Waals surface area contributed by atoms with Crippen molar-refractivity contribution in [1.29, 1.82) is 0 Å². The summed E-state index contributed by atoms with van der Waals surface area (Å²) in [7, 11) is 0. The third-order valence-electron chi connectivity index (χ3n) is 2.70. The van der Waals surface area contributed by atoms with Gasteiger partial charge < -0.3 is 20.6 Å². The third kappa shape index (κ3) is 3.61. The lowest BCUT2D eigenvalue weighted by molar-refractivity contribution is -0.146. The number of hydrogen-bond acceptors (Lipinski definition) is 3. The minimum Gasteiger partial charge on any atom is -0.481 e. The summed E-state index contributed by atoms with van der Waals surface area (Å²) in [6, 6.07) is -0.319. The molecule has 0 aliphatic carbocycles. The molecule has 0 unspecified atom stereocenters. The van der Waals surface area contributed by atoms with Crippen molar-refractivity contribution in [2.24, 2.45) is 17.6 Å². The van der Waals surface area contributed by atoms with E-state index in [0.717, 1.165) is 0 Å². The van der Waals surface area contributed by atoms with Crippen LogP contribution in [0, 0.1) is 11.8 Å². The van der Waals surface area contributed by atoms with Crippen LogP contribution in [0.1, 0.15) is 13.8 Å². The first kappa shape index (κ1) is 14.3. The van der Waals surface area contributed by atoms with Gasteiger partial charge in [-0.3, -0.25) is 9.59 Å². The normalized spacial score (nSPS) is 15.4. The number of likely N-dealkylation sites (tertiary alicyclic amines) is 1. The maximum absolute atomic E-state index is 12.0. The maximum Gasteiger partial charge on any atom is 0.320 e. The number of rotatable bonds is 5. The molecule has 0 bridgehead atoms. The highest BCUT2D eigenvalue weighted by Gasteiger charge is 2.37. The van der Waals surface area contributed by atoms with Crippen LogP contribution in [0.4, 0.5) is 4.79 Å². The molecule has 3 N–H and O–H groups in total. The van der Waals surface area contributed by atoms with Gasteiger partial charge in [-0.2, -0.15) is 0 Å². The second-order valence-electron chi connectivity index (χ2n) is 4.96. The van der Waals surface area contributed by atoms with Crippen molar-refractivity contribution in [3.8, 4) is 0 Å². The van der Waals surface area contributed by atoms with Crippen LogP contribution in [0.25, 0.3) is 0 Å². The number of carbonyl (C=O) groups is 3. The van der Waals surface area contributed by atoms with Gasteiger partial charge in [-0.1, -0.05) is 13.8 Å². The quantitative estimate of drug-likeness (QED) is 0.697. The first-order valence-electron chi connectivity index (χ1n) is 5.86. The van der Waals surface area contributed by atoms with E-state index in [-0.39, 0.29) is 31.6 Å². The lowest BCUT2D eigenvalue weighted by Crippen LogP contribution is -2.58. The lowest BCUT2D eigenvalue weighted by Gasteiger charge is -2.40. The summed E-state index contributed by atoms with van der Waals surface area (Å²) in [6.07, 6.45) is 0. The van der Waals surface area contributed by atoms with E-state index in [0.29, 0.717) is 6.54 Å². The Kier molecular flexibility index (Phi) is 4.52. The fraction of sp³-hybridized carbons (Fsp3) is 0.727. The number of carbonyl (C=O) groups excluding carboxylic acids is 2. The summed E-state index contributed by atoms with van der Waals surface area (Å²) >= 11 is 0. The SMILES string of the molecule is CC(C)CN(CC(N)=O)C(=O)N1CC(C(=O)O)C1. The van der Waals surface area contributed by atoms with Crippen LogP contribution < -0.4 is 5.73 Å². The Hall–Kier alpha value is -1.79. The number of urea groups is 1. The van der Waals surface area contributed by atoms with Crippen molar-refractivity contribution in [3.63, 3.8) is 0 Å². The average Bonchev–Trinajstić information content (AvgIpc) is 2.11. The molecule has 0 atom stereocenters. The molecule has 1 aliphatic rings. The molecule has 0 radical (unpaired) electrons. The standard InChI is InChI=1S/C11H19N3O4/c1-7(2)3-13(6-9(12)15)11(18)14-4-8(5-14)10(16)17/h7-8H,3-6H2,1-2H3,(H2,12,15)(H,16,17). The van der Waals surface area contributed by atoms with E-state index in [1.807, 2.05) is 13.8 Å². The van der Waals surface area contributed by atoms with Gasteiger partial charge in [0.1, 0.15) is 6.54 Å². The zero-order valence-electron chi connectivity index (χ0n) is 10.6. The molecule has 0 aromatic carbocycles. The maximum atomic E-state index is 12.0. The molecular formula is C11H19N3O4. The molecule has 0 saturated carbocycles. The van der Waals surface area contributed by atoms with Gasteiger partial charge in [0, 0.05) is 19.6 Å². The zero-order chi connectivity index (χ0) is 13.9. The van der Waals surface area contributed by atoms with Crippen LogP contribution in [0.3, 0.4) is 0 Å². The summed E-state index contributed by atoms with van der Waals surface area (Å²) in [5, 5.41) is 8.74. The molecule has 0 spiro atoms. The first-order valence-corrected chi connectivity index (χ1v) is 5.86. The molecule has 1 heterocycles. The van der Waals surface area contributed by atoms with Crippen molar-refractivity contribution in [3.05, 3.63) is 0 Å². The Bertz CT molecular complexity index is 350. The van der Waals surface area contributed by atoms with Crippen LogP contribution in [0.2, 0.25) is 0 Å². The Balaban J connectivity index is 2.55. The number of nitrogens with two attached hydrogens (primary N) is 1. The van der Waals surface area contributed by atoms with Crippen molar-refractivity contribution in [2.45, 2.75) is 13.8 Å². The van der Waals surface area contributed by atoms with E-state index in [4.69, 9.17) is 10.8 Å². The number of primary amides is 1. The molecule has 1 saturated heterocycles. The summed E-state index contributed by atoms with van der Waals surface area (Å²) < 4.78 is 0. The largest absolute Gasteiger partial charge is 0.481 e. The second-order valence-corrected chi connectivity index (χ2v) is 4.96. The van der Waals surface area contributed by atoms with E-state index < -0.39 is 17.8 Å². The topological polar surface area (TPSA) is 104 Å².